The number of carbonyl (C=O) groups excluding carboxylic acids is 2. The molecule has 1 atom stereocenters. The quantitative estimate of drug-likeness (QED) is 0.847. The van der Waals surface area contributed by atoms with E-state index in [0.717, 1.165) is 5.56 Å². The number of nitrogens with one attached hydrogen (secondary N) is 1. The predicted molar refractivity (Wildman–Crippen MR) is 82.5 cm³/mol. The fourth-order valence-corrected chi connectivity index (χ4v) is 1.99. The van der Waals surface area contributed by atoms with E-state index in [1.54, 1.807) is 32.9 Å². The number of amides is 1. The maximum Gasteiger partial charge on any atom is 0.408 e. The van der Waals surface area contributed by atoms with Gasteiger partial charge in [-0.05, 0) is 45.4 Å². The zero-order valence-electron chi connectivity index (χ0n) is 13.9. The number of hydrogen-bond acceptors (Lipinski definition) is 5. The van der Waals surface area contributed by atoms with Crippen LogP contribution in [-0.4, -0.2) is 32.2 Å². The fourth-order valence-electron chi connectivity index (χ4n) is 1.99. The maximum atomic E-state index is 11.9. The third-order valence-electron chi connectivity index (χ3n) is 2.81. The van der Waals surface area contributed by atoms with Crippen molar-refractivity contribution in [2.45, 2.75) is 39.3 Å². The number of hydrogen-bond donors (Lipinski definition) is 1. The van der Waals surface area contributed by atoms with E-state index < -0.39 is 17.7 Å². The summed E-state index contributed by atoms with van der Waals surface area (Å²) in [7, 11) is 2.99. The van der Waals surface area contributed by atoms with Gasteiger partial charge < -0.3 is 24.3 Å². The van der Waals surface area contributed by atoms with Crippen molar-refractivity contribution in [1.82, 2.24) is 5.32 Å². The van der Waals surface area contributed by atoms with Gasteiger partial charge in [-0.15, -0.1) is 0 Å². The van der Waals surface area contributed by atoms with Crippen molar-refractivity contribution in [1.29, 1.82) is 0 Å². The van der Waals surface area contributed by atoms with Gasteiger partial charge in [0.05, 0.1) is 19.8 Å². The lowest BCUT2D eigenvalue weighted by molar-refractivity contribution is -0.109. The first kappa shape index (κ1) is 17.8. The van der Waals surface area contributed by atoms with Crippen molar-refractivity contribution in [3.8, 4) is 11.5 Å². The Hall–Kier alpha value is -2.24. The molecular weight excluding hydrogens is 286 g/mol. The number of benzene rings is 1. The monoisotopic (exact) mass is 309 g/mol. The summed E-state index contributed by atoms with van der Waals surface area (Å²) in [5.41, 5.74) is 0.717. The summed E-state index contributed by atoms with van der Waals surface area (Å²) < 4.78 is 15.8. The van der Waals surface area contributed by atoms with Crippen LogP contribution in [0.5, 0.6) is 11.5 Å². The number of ether oxygens (including phenoxy) is 3. The van der Waals surface area contributed by atoms with Crippen molar-refractivity contribution < 1.29 is 23.8 Å². The third kappa shape index (κ3) is 4.65. The molecule has 0 bridgehead atoms. The van der Waals surface area contributed by atoms with Gasteiger partial charge in [0.1, 0.15) is 29.4 Å². The standard InChI is InChI=1S/C16H23NO5/c1-10-7-12(20-5)14(13(8-10)21-6)11(9-18)17-15(19)22-16(2,3)4/h7-9,11H,1-6H3,(H,17,19). The summed E-state index contributed by atoms with van der Waals surface area (Å²) >= 11 is 0. The molecule has 0 aliphatic heterocycles. The number of methoxy groups -OCH3 is 2. The Morgan fingerprint density at radius 2 is 1.68 bits per heavy atom. The van der Waals surface area contributed by atoms with Crippen LogP contribution in [0.25, 0.3) is 0 Å². The highest BCUT2D eigenvalue weighted by Gasteiger charge is 2.25. The fraction of sp³-hybridized carbons (Fsp3) is 0.500. The minimum Gasteiger partial charge on any atom is -0.496 e. The van der Waals surface area contributed by atoms with Crippen LogP contribution >= 0.6 is 0 Å². The van der Waals surface area contributed by atoms with E-state index in [9.17, 15) is 9.59 Å². The van der Waals surface area contributed by atoms with Crippen LogP contribution < -0.4 is 14.8 Å². The SMILES string of the molecule is COc1cc(C)cc(OC)c1C(C=O)NC(=O)OC(C)(C)C. The molecule has 1 amide bonds. The normalized spacial score (nSPS) is 12.3. The molecule has 6 heteroatoms. The van der Waals surface area contributed by atoms with Crippen molar-refractivity contribution in [2.24, 2.45) is 0 Å². The second kappa shape index (κ2) is 7.15. The lowest BCUT2D eigenvalue weighted by atomic mass is 10.0. The largest absolute Gasteiger partial charge is 0.496 e. The molecule has 0 aliphatic rings. The first-order valence-electron chi connectivity index (χ1n) is 6.89. The molecule has 1 aromatic carbocycles. The Labute approximate surface area is 130 Å². The highest BCUT2D eigenvalue weighted by Crippen LogP contribution is 2.35. The second-order valence-corrected chi connectivity index (χ2v) is 5.84. The Kier molecular flexibility index (Phi) is 5.79. The summed E-state index contributed by atoms with van der Waals surface area (Å²) in [5.74, 6) is 0.926. The van der Waals surface area contributed by atoms with Crippen molar-refractivity contribution in [3.63, 3.8) is 0 Å². The smallest absolute Gasteiger partial charge is 0.408 e. The first-order chi connectivity index (χ1) is 10.2. The number of aldehydes is 1. The molecule has 1 unspecified atom stereocenters. The van der Waals surface area contributed by atoms with Gasteiger partial charge in [-0.1, -0.05) is 0 Å². The van der Waals surface area contributed by atoms with Gasteiger partial charge >= 0.3 is 6.09 Å². The predicted octanol–water partition coefficient (Wildman–Crippen LogP) is 2.78. The van der Waals surface area contributed by atoms with Crippen LogP contribution in [0.3, 0.4) is 0 Å². The average Bonchev–Trinajstić information content (AvgIpc) is 2.42. The Morgan fingerprint density at radius 1 is 1.18 bits per heavy atom. The molecule has 0 saturated heterocycles. The van der Waals surface area contributed by atoms with E-state index in [4.69, 9.17) is 14.2 Å². The molecule has 1 N–H and O–H groups in total. The van der Waals surface area contributed by atoms with E-state index in [2.05, 4.69) is 5.32 Å². The zero-order chi connectivity index (χ0) is 16.9. The topological polar surface area (TPSA) is 73.9 Å². The molecule has 0 aromatic heterocycles. The van der Waals surface area contributed by atoms with Gasteiger partial charge in [0.25, 0.3) is 0 Å². The van der Waals surface area contributed by atoms with E-state index in [0.29, 0.717) is 23.3 Å². The average molecular weight is 309 g/mol. The maximum absolute atomic E-state index is 11.9. The van der Waals surface area contributed by atoms with E-state index in [1.807, 2.05) is 6.92 Å². The summed E-state index contributed by atoms with van der Waals surface area (Å²) in [4.78, 5) is 23.3. The van der Waals surface area contributed by atoms with Crippen molar-refractivity contribution in [3.05, 3.63) is 23.3 Å². The molecule has 1 rings (SSSR count). The van der Waals surface area contributed by atoms with Crippen LogP contribution in [0.4, 0.5) is 4.79 Å². The molecule has 0 heterocycles. The van der Waals surface area contributed by atoms with Crippen LogP contribution in [0, 0.1) is 6.92 Å². The van der Waals surface area contributed by atoms with Gasteiger partial charge in [0.15, 0.2) is 0 Å². The van der Waals surface area contributed by atoms with Crippen LogP contribution in [-0.2, 0) is 9.53 Å². The third-order valence-corrected chi connectivity index (χ3v) is 2.81. The first-order valence-corrected chi connectivity index (χ1v) is 6.89. The van der Waals surface area contributed by atoms with Gasteiger partial charge in [0.2, 0.25) is 0 Å². The van der Waals surface area contributed by atoms with Gasteiger partial charge in [0, 0.05) is 0 Å². The lowest BCUT2D eigenvalue weighted by Gasteiger charge is -2.23. The van der Waals surface area contributed by atoms with Gasteiger partial charge in [-0.25, -0.2) is 4.79 Å². The molecule has 22 heavy (non-hydrogen) atoms. The van der Waals surface area contributed by atoms with E-state index in [1.165, 1.54) is 14.2 Å². The number of rotatable bonds is 5. The Balaban J connectivity index is 3.14. The molecule has 0 saturated carbocycles. The minimum absolute atomic E-state index is 0.455. The van der Waals surface area contributed by atoms with Gasteiger partial charge in [-0.2, -0.15) is 0 Å². The lowest BCUT2D eigenvalue weighted by Crippen LogP contribution is -2.35. The summed E-state index contributed by atoms with van der Waals surface area (Å²) in [6.45, 7) is 7.12. The Morgan fingerprint density at radius 3 is 2.05 bits per heavy atom. The van der Waals surface area contributed by atoms with Crippen molar-refractivity contribution >= 4 is 12.4 Å². The zero-order valence-corrected chi connectivity index (χ0v) is 13.9. The van der Waals surface area contributed by atoms with Crippen molar-refractivity contribution in [2.75, 3.05) is 14.2 Å². The van der Waals surface area contributed by atoms with Crippen LogP contribution in [0.15, 0.2) is 12.1 Å². The minimum atomic E-state index is -0.930. The molecule has 6 nitrogen and oxygen atoms in total. The van der Waals surface area contributed by atoms with Crippen LogP contribution in [0.1, 0.15) is 37.9 Å². The van der Waals surface area contributed by atoms with Crippen LogP contribution in [0.2, 0.25) is 0 Å². The molecule has 0 radical (unpaired) electrons. The molecular formula is C16H23NO5. The van der Waals surface area contributed by atoms with E-state index in [-0.39, 0.29) is 0 Å². The number of alkyl carbamates (subject to hydrolysis) is 1. The highest BCUT2D eigenvalue weighted by molar-refractivity contribution is 5.76. The molecule has 0 fully saturated rings. The molecule has 0 spiro atoms. The molecule has 1 aromatic rings. The summed E-state index contributed by atoms with van der Waals surface area (Å²) in [6.07, 6.45) is -0.0751. The summed E-state index contributed by atoms with van der Waals surface area (Å²) in [6, 6.07) is 2.61. The molecule has 122 valence electrons. The second-order valence-electron chi connectivity index (χ2n) is 5.84. The number of aryl methyl sites for hydroxylation is 1. The number of carbonyl (C=O) groups is 2. The van der Waals surface area contributed by atoms with Gasteiger partial charge in [-0.3, -0.25) is 0 Å². The summed E-state index contributed by atoms with van der Waals surface area (Å²) in [5, 5.41) is 2.52. The Bertz CT molecular complexity index is 523. The molecule has 0 aliphatic carbocycles. The highest BCUT2D eigenvalue weighted by atomic mass is 16.6. The van der Waals surface area contributed by atoms with E-state index >= 15 is 0 Å².